The molecule has 4 rings (SSSR count). The van der Waals surface area contributed by atoms with E-state index in [0.29, 0.717) is 5.58 Å². The topological polar surface area (TPSA) is 212 Å². The molecule has 0 spiro atoms. The molecule has 1 aromatic heterocycles. The maximum atomic E-state index is 11.8. The van der Waals surface area contributed by atoms with Gasteiger partial charge in [-0.15, -0.1) is 0 Å². The fraction of sp³-hybridized carbons (Fsp3) is 0.421. The van der Waals surface area contributed by atoms with Crippen LogP contribution in [0.15, 0.2) is 82.0 Å². The molecule has 4 aromatic rings. The first kappa shape index (κ1) is 46.1. The molecule has 0 radical (unpaired) electrons. The van der Waals surface area contributed by atoms with Crippen LogP contribution in [0.3, 0.4) is 0 Å². The van der Waals surface area contributed by atoms with Crippen molar-refractivity contribution in [2.45, 2.75) is 103 Å². The Morgan fingerprint density at radius 3 is 1.56 bits per heavy atom. The molecule has 0 aliphatic carbocycles. The van der Waals surface area contributed by atoms with Gasteiger partial charge in [0, 0.05) is 41.7 Å². The number of phosphoric ester groups is 1. The first-order valence-electron chi connectivity index (χ1n) is 17.8. The summed E-state index contributed by atoms with van der Waals surface area (Å²) in [7, 11) is -4.55. The van der Waals surface area contributed by atoms with Gasteiger partial charge in [0.15, 0.2) is 0 Å². The molecule has 1 N–H and O–H groups in total. The Morgan fingerprint density at radius 2 is 1.13 bits per heavy atom. The zero-order valence-electron chi connectivity index (χ0n) is 30.8. The van der Waals surface area contributed by atoms with Crippen molar-refractivity contribution in [1.82, 2.24) is 0 Å². The Kier molecular flexibility index (Phi) is 20.8. The summed E-state index contributed by atoms with van der Waals surface area (Å²) < 4.78 is 26.7. The number of nitro groups is 2. The van der Waals surface area contributed by atoms with Gasteiger partial charge in [-0.3, -0.25) is 25.1 Å². The van der Waals surface area contributed by atoms with Crippen LogP contribution in [0, 0.1) is 27.2 Å². The summed E-state index contributed by atoms with van der Waals surface area (Å²) in [6.07, 6.45) is 17.0. The minimum atomic E-state index is -4.55. The van der Waals surface area contributed by atoms with Crippen LogP contribution in [0.4, 0.5) is 11.4 Å². The van der Waals surface area contributed by atoms with Gasteiger partial charge in [-0.2, -0.15) is 0 Å². The van der Waals surface area contributed by atoms with Gasteiger partial charge in [0.25, 0.3) is 11.4 Å². The second-order valence-corrected chi connectivity index (χ2v) is 14.0. The van der Waals surface area contributed by atoms with Gasteiger partial charge in [-0.05, 0) is 74.1 Å². The number of aliphatic carboxylic acids is 1. The van der Waals surface area contributed by atoms with Crippen molar-refractivity contribution >= 4 is 36.1 Å². The van der Waals surface area contributed by atoms with Gasteiger partial charge in [-0.25, -0.2) is 9.36 Å². The molecule has 0 amide bonds. The Bertz CT molecular complexity index is 1820. The smallest absolute Gasteiger partial charge is 0.550 e. The molecule has 1 heterocycles. The molecule has 0 fully saturated rings. The summed E-state index contributed by atoms with van der Waals surface area (Å²) >= 11 is 0. The number of fused-ring (bicyclic) bond motifs is 1. The monoisotopic (exact) mass is 776 g/mol. The van der Waals surface area contributed by atoms with E-state index in [1.165, 1.54) is 69.8 Å². The molecule has 0 aliphatic heterocycles. The summed E-state index contributed by atoms with van der Waals surface area (Å²) in [4.78, 5) is 51.2. The van der Waals surface area contributed by atoms with Gasteiger partial charge in [-0.1, -0.05) is 82.8 Å². The van der Waals surface area contributed by atoms with Crippen molar-refractivity contribution in [2.24, 2.45) is 0 Å². The molecule has 0 bridgehead atoms. The van der Waals surface area contributed by atoms with Gasteiger partial charge in [0.1, 0.15) is 17.1 Å². The van der Waals surface area contributed by atoms with Gasteiger partial charge < -0.3 is 23.4 Å². The van der Waals surface area contributed by atoms with E-state index < -0.39 is 23.6 Å². The van der Waals surface area contributed by atoms with E-state index in [-0.39, 0.29) is 64.5 Å². The summed E-state index contributed by atoms with van der Waals surface area (Å²) in [6.45, 7) is 1.95. The normalized spacial score (nSPS) is 10.9. The average Bonchev–Trinajstić information content (AvgIpc) is 3.10. The molecule has 14 nitrogen and oxygen atoms in total. The molecule has 3 aromatic carbocycles. The third-order valence-electron chi connectivity index (χ3n) is 8.40. The largest absolute Gasteiger partial charge is 1.00 e. The zero-order chi connectivity index (χ0) is 38.6. The number of hydrogen-bond donors (Lipinski definition) is 1. The summed E-state index contributed by atoms with van der Waals surface area (Å²) in [6, 6.07) is 16.7. The Hall–Kier alpha value is -4.07. The number of rotatable bonds is 22. The van der Waals surface area contributed by atoms with E-state index in [4.69, 9.17) is 13.5 Å². The number of nitrogens with zero attached hydrogens (tertiary/aromatic N) is 2. The van der Waals surface area contributed by atoms with E-state index in [1.807, 2.05) is 13.0 Å². The summed E-state index contributed by atoms with van der Waals surface area (Å²) in [5.41, 5.74) is 2.24. The Labute approximate surface area is 336 Å². The number of unbranched alkanes of at least 4 members (excludes halogenated alkanes) is 12. The first-order valence-corrected chi connectivity index (χ1v) is 19.3. The number of phosphoric acid groups is 1. The number of aryl methyl sites for hydroxylation is 2. The number of carbonyl (C=O) groups is 1. The molecule has 286 valence electrons. The molecule has 54 heavy (non-hydrogen) atoms. The fourth-order valence-electron chi connectivity index (χ4n) is 5.61. The summed E-state index contributed by atoms with van der Waals surface area (Å²) in [5, 5.41) is 32.3. The minimum Gasteiger partial charge on any atom is -0.550 e. The van der Waals surface area contributed by atoms with Crippen molar-refractivity contribution < 1.29 is 72.2 Å². The van der Waals surface area contributed by atoms with Crippen LogP contribution < -0.4 is 49.3 Å². The van der Waals surface area contributed by atoms with E-state index in [1.54, 1.807) is 6.07 Å². The van der Waals surface area contributed by atoms with Gasteiger partial charge in [0.2, 0.25) is 0 Å². The molecule has 0 aliphatic rings. The molecule has 16 heteroatoms. The van der Waals surface area contributed by atoms with Crippen molar-refractivity contribution in [2.75, 3.05) is 0 Å². The third kappa shape index (κ3) is 17.8. The van der Waals surface area contributed by atoms with Crippen LogP contribution in [0.5, 0.6) is 11.5 Å². The second kappa shape index (κ2) is 24.4. The zero-order valence-corrected chi connectivity index (χ0v) is 33.7. The number of carbonyl (C=O) groups excluding carboxylic acids is 1. The maximum Gasteiger partial charge on any atom is 1.00 e. The summed E-state index contributed by atoms with van der Waals surface area (Å²) in [5.74, 6) is -1.14. The van der Waals surface area contributed by atoms with E-state index in [0.717, 1.165) is 85.2 Å². The average molecular weight is 777 g/mol. The molecule has 0 atom stereocenters. The van der Waals surface area contributed by atoms with Crippen LogP contribution in [-0.4, -0.2) is 20.7 Å². The molecule has 0 unspecified atom stereocenters. The molecule has 0 saturated heterocycles. The van der Waals surface area contributed by atoms with Crippen LogP contribution >= 0.6 is 7.82 Å². The number of hydrogen-bond acceptors (Lipinski definition) is 11. The standard InChI is InChI=1S/C26H38O4.C12H9N2O8P.Na/c1-21-19-26(29)30-24-20-22(17-18-23(21)24)15-13-11-9-7-5-3-2-4-6-8-10-12-14-16-25(27)28;15-13(16)9-1-5-11(6-2-9)21-23(19,20)22-12-7-3-10(4-8-12)14(17)18;/h17-20H,2-16H2,1H3,(H,27,28);1-8H,(H,19,20);/q;;+1/p-1. The number of nitro benzene ring substituents is 2. The van der Waals surface area contributed by atoms with Crippen LogP contribution in [0.1, 0.15) is 101 Å². The number of carboxylic acid groups (broad SMARTS) is 1. The van der Waals surface area contributed by atoms with Crippen molar-refractivity contribution in [3.05, 3.63) is 115 Å². The second-order valence-electron chi connectivity index (χ2n) is 12.7. The number of non-ortho nitro benzene ring substituents is 2. The van der Waals surface area contributed by atoms with Crippen LogP contribution in [-0.2, 0) is 15.8 Å². The van der Waals surface area contributed by atoms with Crippen LogP contribution in [0.25, 0.3) is 11.0 Å². The van der Waals surface area contributed by atoms with Crippen molar-refractivity contribution in [3.8, 4) is 11.5 Å². The Balaban J connectivity index is 0.000000379. The molecular formula is C38H46N2NaO12P. The van der Waals surface area contributed by atoms with E-state index >= 15 is 0 Å². The predicted molar refractivity (Wildman–Crippen MR) is 198 cm³/mol. The van der Waals surface area contributed by atoms with E-state index in [2.05, 4.69) is 12.1 Å². The SMILES string of the molecule is Cc1cc(=O)oc2cc(CCCCCCCCCCCCCCCC(=O)[O-])ccc12.O=[N+]([O-])c1ccc(OP(=O)(O)Oc2ccc([N+](=O)[O-])cc2)cc1.[Na+]. The Morgan fingerprint density at radius 1 is 0.704 bits per heavy atom. The van der Waals surface area contributed by atoms with Crippen molar-refractivity contribution in [3.63, 3.8) is 0 Å². The predicted octanol–water partition coefficient (Wildman–Crippen LogP) is 5.92. The fourth-order valence-corrected chi connectivity index (χ4v) is 6.42. The first-order chi connectivity index (χ1) is 25.3. The molecular weight excluding hydrogens is 730 g/mol. The third-order valence-corrected chi connectivity index (χ3v) is 9.28. The van der Waals surface area contributed by atoms with Crippen LogP contribution in [0.2, 0.25) is 0 Å². The van der Waals surface area contributed by atoms with E-state index in [9.17, 15) is 44.4 Å². The quantitative estimate of drug-likeness (QED) is 0.0246. The van der Waals surface area contributed by atoms with Gasteiger partial charge >= 0.3 is 43.0 Å². The number of carboxylic acids is 1. The van der Waals surface area contributed by atoms with Gasteiger partial charge in [0.05, 0.1) is 9.85 Å². The van der Waals surface area contributed by atoms with Crippen molar-refractivity contribution in [1.29, 1.82) is 0 Å². The maximum absolute atomic E-state index is 11.8. The number of benzene rings is 3. The molecule has 0 saturated carbocycles. The minimum absolute atomic E-state index is 0.